The van der Waals surface area contributed by atoms with Crippen LogP contribution in [-0.4, -0.2) is 38.9 Å². The molecule has 0 aromatic carbocycles. The van der Waals surface area contributed by atoms with E-state index in [0.717, 1.165) is 0 Å². The Morgan fingerprint density at radius 2 is 2.06 bits per heavy atom. The zero-order valence-electron chi connectivity index (χ0n) is 10.3. The lowest BCUT2D eigenvalue weighted by atomic mass is 9.98. The summed E-state index contributed by atoms with van der Waals surface area (Å²) in [4.78, 5) is 11.3. The van der Waals surface area contributed by atoms with Crippen LogP contribution in [0.4, 0.5) is 0 Å². The van der Waals surface area contributed by atoms with E-state index in [-0.39, 0.29) is 12.0 Å². The number of hydrogen-bond acceptors (Lipinski definition) is 4. The van der Waals surface area contributed by atoms with E-state index in [2.05, 4.69) is 10.1 Å². The molecule has 16 heavy (non-hydrogen) atoms. The zero-order chi connectivity index (χ0) is 11.8. The monoisotopic (exact) mass is 229 g/mol. The largest absolute Gasteiger partial charge is 0.468 e. The fraction of sp³-hybridized carbons (Fsp3) is 0.917. The SMILES string of the molecule is CNC(CCOC1CCCCC1)C(=O)OC. The van der Waals surface area contributed by atoms with Gasteiger partial charge in [0.2, 0.25) is 0 Å². The quantitative estimate of drug-likeness (QED) is 0.701. The van der Waals surface area contributed by atoms with Crippen LogP contribution in [-0.2, 0) is 14.3 Å². The molecule has 1 fully saturated rings. The molecule has 0 saturated heterocycles. The summed E-state index contributed by atoms with van der Waals surface area (Å²) in [6, 6.07) is -0.242. The van der Waals surface area contributed by atoms with Gasteiger partial charge in [0.25, 0.3) is 0 Å². The second kappa shape index (κ2) is 7.63. The summed E-state index contributed by atoms with van der Waals surface area (Å²) >= 11 is 0. The van der Waals surface area contributed by atoms with Gasteiger partial charge in [0.15, 0.2) is 0 Å². The number of rotatable bonds is 6. The number of hydrogen-bond donors (Lipinski definition) is 1. The Kier molecular flexibility index (Phi) is 6.42. The first-order chi connectivity index (χ1) is 7.77. The summed E-state index contributed by atoms with van der Waals surface area (Å²) in [5, 5.41) is 2.94. The standard InChI is InChI=1S/C12H23NO3/c1-13-11(12(14)15-2)8-9-16-10-6-4-3-5-7-10/h10-11,13H,3-9H2,1-2H3. The molecule has 0 amide bonds. The van der Waals surface area contributed by atoms with Crippen LogP contribution in [0.25, 0.3) is 0 Å². The van der Waals surface area contributed by atoms with Gasteiger partial charge < -0.3 is 14.8 Å². The molecular weight excluding hydrogens is 206 g/mol. The molecule has 0 bridgehead atoms. The Labute approximate surface area is 97.7 Å². The van der Waals surface area contributed by atoms with Gasteiger partial charge >= 0.3 is 5.97 Å². The van der Waals surface area contributed by atoms with E-state index in [4.69, 9.17) is 4.74 Å². The highest BCUT2D eigenvalue weighted by Crippen LogP contribution is 2.20. The predicted molar refractivity (Wildman–Crippen MR) is 62.3 cm³/mol. The van der Waals surface area contributed by atoms with Gasteiger partial charge in [-0.15, -0.1) is 0 Å². The van der Waals surface area contributed by atoms with Crippen molar-refractivity contribution in [3.8, 4) is 0 Å². The van der Waals surface area contributed by atoms with E-state index in [1.54, 1.807) is 7.05 Å². The molecule has 0 spiro atoms. The van der Waals surface area contributed by atoms with Crippen LogP contribution in [0, 0.1) is 0 Å². The maximum atomic E-state index is 11.3. The van der Waals surface area contributed by atoms with Crippen LogP contribution in [0.1, 0.15) is 38.5 Å². The Morgan fingerprint density at radius 1 is 1.38 bits per heavy atom. The molecule has 4 nitrogen and oxygen atoms in total. The van der Waals surface area contributed by atoms with Crippen molar-refractivity contribution in [2.24, 2.45) is 0 Å². The summed E-state index contributed by atoms with van der Waals surface area (Å²) in [5.74, 6) is -0.213. The van der Waals surface area contributed by atoms with Gasteiger partial charge in [-0.25, -0.2) is 0 Å². The number of ether oxygens (including phenoxy) is 2. The zero-order valence-corrected chi connectivity index (χ0v) is 10.3. The highest BCUT2D eigenvalue weighted by atomic mass is 16.5. The minimum atomic E-state index is -0.242. The third kappa shape index (κ3) is 4.49. The van der Waals surface area contributed by atoms with Gasteiger partial charge in [0.05, 0.1) is 13.2 Å². The molecule has 1 aliphatic carbocycles. The van der Waals surface area contributed by atoms with Crippen molar-refractivity contribution >= 4 is 5.97 Å². The van der Waals surface area contributed by atoms with E-state index in [1.807, 2.05) is 0 Å². The number of nitrogens with one attached hydrogen (secondary N) is 1. The van der Waals surface area contributed by atoms with Crippen molar-refractivity contribution < 1.29 is 14.3 Å². The van der Waals surface area contributed by atoms with Crippen molar-refractivity contribution in [1.29, 1.82) is 0 Å². The lowest BCUT2D eigenvalue weighted by molar-refractivity contribution is -0.143. The molecule has 0 heterocycles. The molecule has 94 valence electrons. The van der Waals surface area contributed by atoms with Crippen LogP contribution < -0.4 is 5.32 Å². The molecule has 0 aromatic heterocycles. The first-order valence-electron chi connectivity index (χ1n) is 6.14. The van der Waals surface area contributed by atoms with Crippen LogP contribution in [0.15, 0.2) is 0 Å². The Balaban J connectivity index is 2.14. The molecule has 1 aliphatic rings. The molecule has 1 atom stereocenters. The second-order valence-corrected chi connectivity index (χ2v) is 4.28. The molecule has 0 aliphatic heterocycles. The topological polar surface area (TPSA) is 47.6 Å². The average Bonchev–Trinajstić information content (AvgIpc) is 2.35. The van der Waals surface area contributed by atoms with Crippen molar-refractivity contribution in [3.63, 3.8) is 0 Å². The van der Waals surface area contributed by atoms with E-state index >= 15 is 0 Å². The van der Waals surface area contributed by atoms with Crippen molar-refractivity contribution in [1.82, 2.24) is 5.32 Å². The first-order valence-corrected chi connectivity index (χ1v) is 6.14. The van der Waals surface area contributed by atoms with Crippen molar-refractivity contribution in [2.75, 3.05) is 20.8 Å². The van der Waals surface area contributed by atoms with Gasteiger partial charge in [0.1, 0.15) is 6.04 Å². The maximum Gasteiger partial charge on any atom is 0.322 e. The van der Waals surface area contributed by atoms with Crippen LogP contribution in [0.3, 0.4) is 0 Å². The predicted octanol–water partition coefficient (Wildman–Crippen LogP) is 1.49. The molecular formula is C12H23NO3. The normalized spacial score (nSPS) is 19.4. The molecule has 1 N–H and O–H groups in total. The molecule has 4 heteroatoms. The summed E-state index contributed by atoms with van der Waals surface area (Å²) in [5.41, 5.74) is 0. The molecule has 0 radical (unpaired) electrons. The molecule has 1 rings (SSSR count). The molecule has 1 saturated carbocycles. The molecule has 1 unspecified atom stereocenters. The minimum absolute atomic E-state index is 0.213. The minimum Gasteiger partial charge on any atom is -0.468 e. The van der Waals surface area contributed by atoms with Gasteiger partial charge in [-0.05, 0) is 26.3 Å². The van der Waals surface area contributed by atoms with E-state index in [1.165, 1.54) is 39.2 Å². The number of carbonyl (C=O) groups excluding carboxylic acids is 1. The van der Waals surface area contributed by atoms with Gasteiger partial charge in [-0.3, -0.25) is 4.79 Å². The maximum absolute atomic E-state index is 11.3. The molecule has 0 aromatic rings. The fourth-order valence-electron chi connectivity index (χ4n) is 2.11. The summed E-state index contributed by atoms with van der Waals surface area (Å²) in [6.07, 6.45) is 7.31. The average molecular weight is 229 g/mol. The van der Waals surface area contributed by atoms with E-state index in [0.29, 0.717) is 19.1 Å². The van der Waals surface area contributed by atoms with Crippen molar-refractivity contribution in [3.05, 3.63) is 0 Å². The third-order valence-electron chi connectivity index (χ3n) is 3.15. The Bertz CT molecular complexity index is 202. The number of likely N-dealkylation sites (N-methyl/N-ethyl adjacent to an activating group) is 1. The summed E-state index contributed by atoms with van der Waals surface area (Å²) in [7, 11) is 3.18. The van der Waals surface area contributed by atoms with Gasteiger partial charge in [0, 0.05) is 6.61 Å². The van der Waals surface area contributed by atoms with E-state index < -0.39 is 0 Å². The third-order valence-corrected chi connectivity index (χ3v) is 3.15. The number of methoxy groups -OCH3 is 1. The van der Waals surface area contributed by atoms with Crippen LogP contribution in [0.2, 0.25) is 0 Å². The van der Waals surface area contributed by atoms with Gasteiger partial charge in [-0.1, -0.05) is 19.3 Å². The number of esters is 1. The van der Waals surface area contributed by atoms with E-state index in [9.17, 15) is 4.79 Å². The van der Waals surface area contributed by atoms with Crippen LogP contribution >= 0.6 is 0 Å². The smallest absolute Gasteiger partial charge is 0.322 e. The highest BCUT2D eigenvalue weighted by Gasteiger charge is 2.18. The van der Waals surface area contributed by atoms with Crippen molar-refractivity contribution in [2.45, 2.75) is 50.7 Å². The second-order valence-electron chi connectivity index (χ2n) is 4.28. The summed E-state index contributed by atoms with van der Waals surface area (Å²) in [6.45, 7) is 0.630. The van der Waals surface area contributed by atoms with Gasteiger partial charge in [-0.2, -0.15) is 0 Å². The lowest BCUT2D eigenvalue weighted by Crippen LogP contribution is -2.36. The fourth-order valence-corrected chi connectivity index (χ4v) is 2.11. The van der Waals surface area contributed by atoms with Crippen LogP contribution in [0.5, 0.6) is 0 Å². The highest BCUT2D eigenvalue weighted by molar-refractivity contribution is 5.75. The number of carbonyl (C=O) groups is 1. The first kappa shape index (κ1) is 13.5. The Morgan fingerprint density at radius 3 is 2.62 bits per heavy atom. The Hall–Kier alpha value is -0.610. The summed E-state index contributed by atoms with van der Waals surface area (Å²) < 4.78 is 10.5. The lowest BCUT2D eigenvalue weighted by Gasteiger charge is -2.23.